The van der Waals surface area contributed by atoms with Crippen LogP contribution in [0.3, 0.4) is 0 Å². The smallest absolute Gasteiger partial charge is 0.257 e. The highest BCUT2D eigenvalue weighted by atomic mass is 35.5. The Hall–Kier alpha value is -2.48. The maximum atomic E-state index is 13.9. The zero-order valence-electron chi connectivity index (χ0n) is 16.7. The van der Waals surface area contributed by atoms with Gasteiger partial charge in [0, 0.05) is 49.5 Å². The number of carbonyl (C=O) groups excluding carboxylic acids is 2. The van der Waals surface area contributed by atoms with Crippen LogP contribution in [-0.2, 0) is 16.6 Å². The molecule has 2 heterocycles. The molecular formula is C20H24ClFN4O3. The van der Waals surface area contributed by atoms with E-state index in [0.29, 0.717) is 49.3 Å². The van der Waals surface area contributed by atoms with Crippen LogP contribution in [0.1, 0.15) is 49.3 Å². The van der Waals surface area contributed by atoms with Gasteiger partial charge < -0.3 is 14.3 Å². The molecular weight excluding hydrogens is 399 g/mol. The van der Waals surface area contributed by atoms with Crippen molar-refractivity contribution in [1.29, 1.82) is 0 Å². The summed E-state index contributed by atoms with van der Waals surface area (Å²) in [6.07, 6.45) is 0.622. The first-order valence-electron chi connectivity index (χ1n) is 9.50. The summed E-state index contributed by atoms with van der Waals surface area (Å²) in [6.45, 7) is 7.43. The average molecular weight is 423 g/mol. The number of amides is 2. The predicted molar refractivity (Wildman–Crippen MR) is 105 cm³/mol. The fourth-order valence-electron chi connectivity index (χ4n) is 3.02. The zero-order chi connectivity index (χ0) is 21.2. The van der Waals surface area contributed by atoms with Gasteiger partial charge in [-0.25, -0.2) is 4.39 Å². The van der Waals surface area contributed by atoms with Crippen molar-refractivity contribution < 1.29 is 18.5 Å². The standard InChI is InChI=1S/C20H24ClFN4O3/c1-20(2,3)19-23-16(29-24-19)6-7-17(27)25-8-10-26(11-9-25)18(28)14-12-13(21)4-5-15(14)22/h4-5,12H,6-11H2,1-3H3. The number of carbonyl (C=O) groups is 2. The molecule has 3 rings (SSSR count). The Morgan fingerprint density at radius 3 is 2.45 bits per heavy atom. The summed E-state index contributed by atoms with van der Waals surface area (Å²) in [5, 5.41) is 4.26. The van der Waals surface area contributed by atoms with Crippen molar-refractivity contribution >= 4 is 23.4 Å². The summed E-state index contributed by atoms with van der Waals surface area (Å²) >= 11 is 5.87. The van der Waals surface area contributed by atoms with E-state index in [-0.39, 0.29) is 23.3 Å². The van der Waals surface area contributed by atoms with Gasteiger partial charge in [0.05, 0.1) is 5.56 Å². The number of halogens is 2. The molecule has 9 heteroatoms. The van der Waals surface area contributed by atoms with Gasteiger partial charge in [-0.05, 0) is 18.2 Å². The highest BCUT2D eigenvalue weighted by Crippen LogP contribution is 2.20. The van der Waals surface area contributed by atoms with E-state index in [1.807, 2.05) is 20.8 Å². The fraction of sp³-hybridized carbons (Fsp3) is 0.500. The average Bonchev–Trinajstić information content (AvgIpc) is 3.17. The maximum Gasteiger partial charge on any atom is 0.257 e. The molecule has 0 N–H and O–H groups in total. The Balaban J connectivity index is 1.51. The molecule has 0 aliphatic carbocycles. The molecule has 2 aromatic rings. The zero-order valence-corrected chi connectivity index (χ0v) is 17.5. The number of hydrogen-bond acceptors (Lipinski definition) is 5. The molecule has 1 aromatic heterocycles. The van der Waals surface area contributed by atoms with E-state index in [2.05, 4.69) is 10.1 Å². The minimum Gasteiger partial charge on any atom is -0.339 e. The number of benzene rings is 1. The summed E-state index contributed by atoms with van der Waals surface area (Å²) in [5.74, 6) is -0.0138. The van der Waals surface area contributed by atoms with Crippen LogP contribution < -0.4 is 0 Å². The topological polar surface area (TPSA) is 79.5 Å². The summed E-state index contributed by atoms with van der Waals surface area (Å²) < 4.78 is 19.1. The fourth-order valence-corrected chi connectivity index (χ4v) is 3.20. The van der Waals surface area contributed by atoms with Gasteiger partial charge in [-0.2, -0.15) is 4.98 Å². The van der Waals surface area contributed by atoms with Crippen molar-refractivity contribution in [3.63, 3.8) is 0 Å². The Kier molecular flexibility index (Phi) is 6.21. The first-order valence-corrected chi connectivity index (χ1v) is 9.88. The summed E-state index contributed by atoms with van der Waals surface area (Å²) in [4.78, 5) is 32.6. The van der Waals surface area contributed by atoms with E-state index in [0.717, 1.165) is 0 Å². The summed E-state index contributed by atoms with van der Waals surface area (Å²) in [7, 11) is 0. The SMILES string of the molecule is CC(C)(C)c1noc(CCC(=O)N2CCN(C(=O)c3cc(Cl)ccc3F)CC2)n1. The molecule has 0 unspecified atom stereocenters. The lowest BCUT2D eigenvalue weighted by Gasteiger charge is -2.35. The van der Waals surface area contributed by atoms with E-state index >= 15 is 0 Å². The number of piperazine rings is 1. The molecule has 1 saturated heterocycles. The highest BCUT2D eigenvalue weighted by Gasteiger charge is 2.27. The van der Waals surface area contributed by atoms with Gasteiger partial charge in [0.15, 0.2) is 5.82 Å². The van der Waals surface area contributed by atoms with E-state index < -0.39 is 11.7 Å². The summed E-state index contributed by atoms with van der Waals surface area (Å²) in [6, 6.07) is 3.91. The molecule has 1 aliphatic heterocycles. The molecule has 2 amide bonds. The monoisotopic (exact) mass is 422 g/mol. The molecule has 0 bridgehead atoms. The summed E-state index contributed by atoms with van der Waals surface area (Å²) in [5.41, 5.74) is -0.264. The molecule has 0 radical (unpaired) electrons. The van der Waals surface area contributed by atoms with Crippen molar-refractivity contribution in [3.8, 4) is 0 Å². The van der Waals surface area contributed by atoms with Crippen molar-refractivity contribution in [2.45, 2.75) is 39.0 Å². The quantitative estimate of drug-likeness (QED) is 0.756. The van der Waals surface area contributed by atoms with Crippen molar-refractivity contribution in [3.05, 3.63) is 46.3 Å². The lowest BCUT2D eigenvalue weighted by atomic mass is 9.96. The molecule has 1 aromatic carbocycles. The molecule has 29 heavy (non-hydrogen) atoms. The third-order valence-corrected chi connectivity index (χ3v) is 5.01. The van der Waals surface area contributed by atoms with Gasteiger partial charge in [-0.15, -0.1) is 0 Å². The molecule has 7 nitrogen and oxygen atoms in total. The second kappa shape index (κ2) is 8.49. The third kappa shape index (κ3) is 5.12. The van der Waals surface area contributed by atoms with Crippen LogP contribution in [0.25, 0.3) is 0 Å². The van der Waals surface area contributed by atoms with Crippen LogP contribution in [0, 0.1) is 5.82 Å². The molecule has 0 atom stereocenters. The molecule has 156 valence electrons. The van der Waals surface area contributed by atoms with Crippen molar-refractivity contribution in [1.82, 2.24) is 19.9 Å². The van der Waals surface area contributed by atoms with E-state index in [4.69, 9.17) is 16.1 Å². The molecule has 0 saturated carbocycles. The van der Waals surface area contributed by atoms with Crippen LogP contribution in [0.5, 0.6) is 0 Å². The number of aryl methyl sites for hydroxylation is 1. The van der Waals surface area contributed by atoms with E-state index in [1.54, 1.807) is 4.90 Å². The minimum atomic E-state index is -0.605. The van der Waals surface area contributed by atoms with Gasteiger partial charge in [-0.3, -0.25) is 9.59 Å². The van der Waals surface area contributed by atoms with Gasteiger partial charge >= 0.3 is 0 Å². The first kappa shape index (κ1) is 21.2. The van der Waals surface area contributed by atoms with Crippen molar-refractivity contribution in [2.24, 2.45) is 0 Å². The number of nitrogens with zero attached hydrogens (tertiary/aromatic N) is 4. The van der Waals surface area contributed by atoms with Crippen LogP contribution in [-0.4, -0.2) is 57.9 Å². The van der Waals surface area contributed by atoms with Crippen LogP contribution in [0.15, 0.2) is 22.7 Å². The first-order chi connectivity index (χ1) is 13.6. The maximum absolute atomic E-state index is 13.9. The lowest BCUT2D eigenvalue weighted by molar-refractivity contribution is -0.132. The lowest BCUT2D eigenvalue weighted by Crippen LogP contribution is -2.50. The van der Waals surface area contributed by atoms with Crippen LogP contribution in [0.4, 0.5) is 4.39 Å². The van der Waals surface area contributed by atoms with E-state index in [1.165, 1.54) is 23.1 Å². The van der Waals surface area contributed by atoms with Gasteiger partial charge in [0.2, 0.25) is 11.8 Å². The van der Waals surface area contributed by atoms with Crippen LogP contribution in [0.2, 0.25) is 5.02 Å². The minimum absolute atomic E-state index is 0.0402. The Bertz CT molecular complexity index is 901. The number of rotatable bonds is 4. The van der Waals surface area contributed by atoms with Gasteiger partial charge in [-0.1, -0.05) is 37.5 Å². The highest BCUT2D eigenvalue weighted by molar-refractivity contribution is 6.31. The van der Waals surface area contributed by atoms with Crippen molar-refractivity contribution in [2.75, 3.05) is 26.2 Å². The molecule has 1 aliphatic rings. The largest absolute Gasteiger partial charge is 0.339 e. The second-order valence-electron chi connectivity index (χ2n) is 8.06. The van der Waals surface area contributed by atoms with E-state index in [9.17, 15) is 14.0 Å². The van der Waals surface area contributed by atoms with Crippen LogP contribution >= 0.6 is 11.6 Å². The number of hydrogen-bond donors (Lipinski definition) is 0. The third-order valence-electron chi connectivity index (χ3n) is 4.77. The Labute approximate surface area is 173 Å². The molecule has 1 fully saturated rings. The predicted octanol–water partition coefficient (Wildman–Crippen LogP) is 3.08. The normalized spacial score (nSPS) is 14.9. The Morgan fingerprint density at radius 2 is 1.83 bits per heavy atom. The van der Waals surface area contributed by atoms with Gasteiger partial charge in [0.1, 0.15) is 5.82 Å². The second-order valence-corrected chi connectivity index (χ2v) is 8.50. The Morgan fingerprint density at radius 1 is 1.17 bits per heavy atom. The van der Waals surface area contributed by atoms with Gasteiger partial charge in [0.25, 0.3) is 5.91 Å². The molecule has 0 spiro atoms. The number of aromatic nitrogens is 2.